The molecule has 4 heterocycles. The van der Waals surface area contributed by atoms with E-state index < -0.39 is 11.9 Å². The lowest BCUT2D eigenvalue weighted by Crippen LogP contribution is -2.32. The minimum atomic E-state index is -1.16. The summed E-state index contributed by atoms with van der Waals surface area (Å²) in [5, 5.41) is 20.1. The molecule has 18 heteroatoms. The zero-order valence-electron chi connectivity index (χ0n) is 33.8. The fraction of sp³-hybridized carbons (Fsp3) is 0.317. The number of aromatic carboxylic acids is 1. The molecule has 2 aromatic carbocycles. The van der Waals surface area contributed by atoms with Crippen molar-refractivity contribution in [2.45, 2.75) is 53.6 Å². The van der Waals surface area contributed by atoms with E-state index in [4.69, 9.17) is 28.2 Å². The second kappa shape index (κ2) is 19.4. The third-order valence-corrected chi connectivity index (χ3v) is 10.7. The molecular weight excluding hydrogens is 801 g/mol. The number of oxazole rings is 2. The fourth-order valence-electron chi connectivity index (χ4n) is 5.68. The number of aryl methyl sites for hydroxylation is 2. The molecule has 0 unspecified atom stereocenters. The van der Waals surface area contributed by atoms with Crippen LogP contribution in [0.5, 0.6) is 11.5 Å². The maximum atomic E-state index is 12.8. The molecule has 0 aliphatic rings. The van der Waals surface area contributed by atoms with Gasteiger partial charge in [0.2, 0.25) is 11.8 Å². The molecule has 0 fully saturated rings. The summed E-state index contributed by atoms with van der Waals surface area (Å²) in [6.07, 6.45) is 0. The van der Waals surface area contributed by atoms with Crippen LogP contribution < -0.4 is 20.1 Å². The number of para-hydroxylation sites is 2. The van der Waals surface area contributed by atoms with Gasteiger partial charge >= 0.3 is 11.9 Å². The Bertz CT molecular complexity index is 2430. The molecule has 4 aromatic heterocycles. The Hall–Kier alpha value is -6.40. The summed E-state index contributed by atoms with van der Waals surface area (Å²) < 4.78 is 26.3. The van der Waals surface area contributed by atoms with Gasteiger partial charge in [0.15, 0.2) is 11.4 Å². The van der Waals surface area contributed by atoms with E-state index in [1.54, 1.807) is 60.1 Å². The monoisotopic (exact) mass is 844 g/mol. The second-order valence-electron chi connectivity index (χ2n) is 13.6. The van der Waals surface area contributed by atoms with Crippen molar-refractivity contribution in [3.63, 3.8) is 0 Å². The normalized spacial score (nSPS) is 12.0. The summed E-state index contributed by atoms with van der Waals surface area (Å²) >= 11 is 2.73. The number of benzene rings is 2. The molecule has 0 saturated carbocycles. The van der Waals surface area contributed by atoms with Crippen molar-refractivity contribution in [3.8, 4) is 34.7 Å². The highest BCUT2D eigenvalue weighted by atomic mass is 32.1. The summed E-state index contributed by atoms with van der Waals surface area (Å²) in [7, 11) is 4.33. The molecule has 59 heavy (non-hydrogen) atoms. The number of esters is 1. The number of carbonyl (C=O) groups is 4. The van der Waals surface area contributed by atoms with Crippen LogP contribution in [0.4, 0.5) is 0 Å². The number of carbonyl (C=O) groups excluding carboxylic acids is 3. The number of hydrogen-bond donors (Lipinski definition) is 3. The molecule has 2 atom stereocenters. The first kappa shape index (κ1) is 43.7. The molecule has 2 amide bonds. The van der Waals surface area contributed by atoms with Crippen LogP contribution in [0.3, 0.4) is 0 Å². The Morgan fingerprint density at radius 2 is 1.05 bits per heavy atom. The van der Waals surface area contributed by atoms with Gasteiger partial charge in [0, 0.05) is 10.8 Å². The molecule has 6 aromatic rings. The van der Waals surface area contributed by atoms with Crippen LogP contribution in [0.15, 0.2) is 68.1 Å². The number of carboxylic acid groups (broad SMARTS) is 1. The average molecular weight is 845 g/mol. The minimum absolute atomic E-state index is 0.0635. The van der Waals surface area contributed by atoms with Crippen molar-refractivity contribution >= 4 is 46.4 Å². The molecule has 6 rings (SSSR count). The number of aromatic nitrogens is 4. The number of carboxylic acids is 1. The topological polar surface area (TPSA) is 218 Å². The molecule has 310 valence electrons. The Morgan fingerprint density at radius 3 is 1.42 bits per heavy atom. The van der Waals surface area contributed by atoms with Crippen molar-refractivity contribution in [2.24, 2.45) is 11.8 Å². The van der Waals surface area contributed by atoms with Crippen LogP contribution in [0.25, 0.3) is 23.2 Å². The van der Waals surface area contributed by atoms with Crippen LogP contribution in [-0.2, 0) is 4.74 Å². The van der Waals surface area contributed by atoms with E-state index in [2.05, 4.69) is 30.6 Å². The zero-order chi connectivity index (χ0) is 43.0. The van der Waals surface area contributed by atoms with Gasteiger partial charge in [0.05, 0.1) is 44.5 Å². The van der Waals surface area contributed by atoms with Gasteiger partial charge in [-0.3, -0.25) is 9.59 Å². The van der Waals surface area contributed by atoms with E-state index in [0.717, 1.165) is 0 Å². The van der Waals surface area contributed by atoms with Crippen LogP contribution >= 0.6 is 22.7 Å². The number of nitrogens with zero attached hydrogens (tertiary/aromatic N) is 4. The number of rotatable bonds is 14. The number of methoxy groups -OCH3 is 3. The van der Waals surface area contributed by atoms with Crippen molar-refractivity contribution < 1.29 is 47.3 Å². The van der Waals surface area contributed by atoms with Gasteiger partial charge in [-0.2, -0.15) is 0 Å². The van der Waals surface area contributed by atoms with E-state index in [1.807, 2.05) is 33.8 Å². The van der Waals surface area contributed by atoms with Gasteiger partial charge in [-0.25, -0.2) is 29.5 Å². The molecule has 0 aliphatic carbocycles. The number of ether oxygens (including phenoxy) is 3. The van der Waals surface area contributed by atoms with Gasteiger partial charge < -0.3 is 38.8 Å². The third kappa shape index (κ3) is 10.2. The Kier molecular flexibility index (Phi) is 14.3. The molecule has 0 aliphatic heterocycles. The van der Waals surface area contributed by atoms with E-state index in [9.17, 15) is 19.2 Å². The van der Waals surface area contributed by atoms with Gasteiger partial charge in [-0.1, -0.05) is 52.0 Å². The maximum Gasteiger partial charge on any atom is 0.360 e. The highest BCUT2D eigenvalue weighted by molar-refractivity contribution is 7.10. The fourth-order valence-corrected chi connectivity index (χ4v) is 7.71. The summed E-state index contributed by atoms with van der Waals surface area (Å²) in [5.74, 6) is -0.155. The average Bonchev–Trinajstić information content (AvgIpc) is 4.05. The molecule has 0 bridgehead atoms. The molecule has 16 nitrogen and oxygen atoms in total. The number of thiazole rings is 2. The quantitative estimate of drug-likeness (QED) is 0.0886. The van der Waals surface area contributed by atoms with Crippen molar-refractivity contribution in [1.29, 1.82) is 0 Å². The lowest BCUT2D eigenvalue weighted by Gasteiger charge is -2.20. The maximum absolute atomic E-state index is 12.8. The molecule has 3 N–H and O–H groups in total. The van der Waals surface area contributed by atoms with E-state index in [1.165, 1.54) is 50.9 Å². The largest absolute Gasteiger partial charge is 0.496 e. The first-order valence-electron chi connectivity index (χ1n) is 18.2. The third-order valence-electron chi connectivity index (χ3n) is 8.80. The second-order valence-corrected chi connectivity index (χ2v) is 15.4. The molecule has 0 spiro atoms. The van der Waals surface area contributed by atoms with Gasteiger partial charge in [0.1, 0.15) is 44.4 Å². The minimum Gasteiger partial charge on any atom is -0.496 e. The smallest absolute Gasteiger partial charge is 0.360 e. The van der Waals surface area contributed by atoms with Gasteiger partial charge in [0.25, 0.3) is 11.8 Å². The van der Waals surface area contributed by atoms with Gasteiger partial charge in [-0.05, 0) is 49.9 Å². The first-order valence-corrected chi connectivity index (χ1v) is 20.0. The van der Waals surface area contributed by atoms with E-state index in [0.29, 0.717) is 49.8 Å². The first-order chi connectivity index (χ1) is 28.2. The summed E-state index contributed by atoms with van der Waals surface area (Å²) in [6.45, 7) is 11.1. The van der Waals surface area contributed by atoms with Crippen molar-refractivity contribution in [2.75, 3.05) is 21.3 Å². The van der Waals surface area contributed by atoms with Crippen LogP contribution in [-0.4, -0.2) is 70.1 Å². The number of hydrogen-bond acceptors (Lipinski definition) is 15. The standard InChI is InChI=1S/C21H23N3O5S.C20H21N3O5S/c1-11(2)16(23-18(25)13-8-6-7-9-15(13)27-4)20-22-14(10-30-20)19-24-17(12(3)29-19)21(26)28-5;1-10(2)15(22-17(24)12-7-5-6-8-14(12)27-4)19-21-13(9-29-19)18-23-16(20(25)26)11(3)28-18/h6-11,16H,1-5H3,(H,23,25);5-10,15H,1-4H3,(H,22,24)(H,25,26)/t16-;15-/m00/s1. The molecular formula is C41H44N6O10S2. The predicted octanol–water partition coefficient (Wildman–Crippen LogP) is 7.97. The molecule has 0 radical (unpaired) electrons. The highest BCUT2D eigenvalue weighted by Gasteiger charge is 2.28. The Labute approximate surface area is 348 Å². The SMILES string of the molecule is COC(=O)c1nc(-c2csc([C@@H](NC(=O)c3ccccc3OC)C(C)C)n2)oc1C.COc1ccccc1C(=O)N[C@H](c1nc(-c2nc(C(=O)O)c(C)o2)cs1)C(C)C. The summed E-state index contributed by atoms with van der Waals surface area (Å²) in [6, 6.07) is 13.4. The van der Waals surface area contributed by atoms with Crippen molar-refractivity contribution in [1.82, 2.24) is 30.6 Å². The number of amides is 2. The summed E-state index contributed by atoms with van der Waals surface area (Å²) in [4.78, 5) is 65.9. The lowest BCUT2D eigenvalue weighted by atomic mass is 10.0. The van der Waals surface area contributed by atoms with Crippen LogP contribution in [0.1, 0.15) is 103 Å². The van der Waals surface area contributed by atoms with E-state index >= 15 is 0 Å². The van der Waals surface area contributed by atoms with E-state index in [-0.39, 0.29) is 64.7 Å². The Balaban J connectivity index is 0.000000224. The molecule has 0 saturated heterocycles. The van der Waals surface area contributed by atoms with Crippen molar-refractivity contribution in [3.05, 3.63) is 103 Å². The predicted molar refractivity (Wildman–Crippen MR) is 219 cm³/mol. The lowest BCUT2D eigenvalue weighted by molar-refractivity contribution is 0.0591. The van der Waals surface area contributed by atoms with Crippen LogP contribution in [0.2, 0.25) is 0 Å². The number of nitrogens with one attached hydrogen (secondary N) is 2. The van der Waals surface area contributed by atoms with Gasteiger partial charge in [-0.15, -0.1) is 22.7 Å². The highest BCUT2D eigenvalue weighted by Crippen LogP contribution is 2.32. The zero-order valence-corrected chi connectivity index (χ0v) is 35.4. The van der Waals surface area contributed by atoms with Crippen LogP contribution in [0, 0.1) is 25.7 Å². The summed E-state index contributed by atoms with van der Waals surface area (Å²) in [5.41, 5.74) is 1.79. The Morgan fingerprint density at radius 1 is 0.644 bits per heavy atom.